The summed E-state index contributed by atoms with van der Waals surface area (Å²) < 4.78 is 16.5. The zero-order valence-electron chi connectivity index (χ0n) is 15.7. The molecule has 2 rings (SSSR count). The van der Waals surface area contributed by atoms with E-state index in [1.807, 2.05) is 69.3 Å². The fourth-order valence-electron chi connectivity index (χ4n) is 2.25. The second kappa shape index (κ2) is 10.5. The molecule has 140 valence electrons. The number of benzene rings is 2. The molecule has 26 heavy (non-hydrogen) atoms. The maximum Gasteiger partial charge on any atom is 0.251 e. The Morgan fingerprint density at radius 3 is 2.15 bits per heavy atom. The number of amides is 1. The zero-order chi connectivity index (χ0) is 18.8. The van der Waals surface area contributed by atoms with Gasteiger partial charge in [0, 0.05) is 5.56 Å². The zero-order valence-corrected chi connectivity index (χ0v) is 15.7. The molecule has 1 amide bonds. The van der Waals surface area contributed by atoms with Crippen LogP contribution in [-0.2, 0) is 11.3 Å². The van der Waals surface area contributed by atoms with Gasteiger partial charge in [0.2, 0.25) is 0 Å². The van der Waals surface area contributed by atoms with E-state index in [-0.39, 0.29) is 12.0 Å². The van der Waals surface area contributed by atoms with Crippen LogP contribution in [0.2, 0.25) is 0 Å². The van der Waals surface area contributed by atoms with E-state index in [0.29, 0.717) is 31.9 Å². The number of carbonyl (C=O) groups excluding carboxylic acids is 1. The van der Waals surface area contributed by atoms with Gasteiger partial charge in [-0.2, -0.15) is 0 Å². The largest absolute Gasteiger partial charge is 0.494 e. The van der Waals surface area contributed by atoms with Crippen molar-refractivity contribution in [3.8, 4) is 11.5 Å². The van der Waals surface area contributed by atoms with Crippen LogP contribution >= 0.6 is 0 Å². The number of hydrogen-bond donors (Lipinski definition) is 1. The Morgan fingerprint density at radius 1 is 0.962 bits per heavy atom. The molecule has 0 heterocycles. The highest BCUT2D eigenvalue weighted by Gasteiger charge is 2.05. The van der Waals surface area contributed by atoms with E-state index in [1.165, 1.54) is 0 Å². The van der Waals surface area contributed by atoms with E-state index in [0.717, 1.165) is 17.1 Å². The molecule has 0 aliphatic heterocycles. The van der Waals surface area contributed by atoms with Crippen LogP contribution in [0.15, 0.2) is 48.5 Å². The highest BCUT2D eigenvalue weighted by atomic mass is 16.5. The van der Waals surface area contributed by atoms with Gasteiger partial charge in [-0.05, 0) is 62.7 Å². The molecule has 0 aliphatic carbocycles. The van der Waals surface area contributed by atoms with Gasteiger partial charge in [-0.3, -0.25) is 4.79 Å². The van der Waals surface area contributed by atoms with Crippen molar-refractivity contribution in [3.63, 3.8) is 0 Å². The Bertz CT molecular complexity index is 665. The molecule has 0 saturated heterocycles. The summed E-state index contributed by atoms with van der Waals surface area (Å²) in [7, 11) is 0. The molecule has 2 aromatic carbocycles. The minimum Gasteiger partial charge on any atom is -0.494 e. The number of ether oxygens (including phenoxy) is 3. The van der Waals surface area contributed by atoms with Gasteiger partial charge in [-0.15, -0.1) is 0 Å². The van der Waals surface area contributed by atoms with Crippen LogP contribution in [0.1, 0.15) is 36.7 Å². The number of hydrogen-bond acceptors (Lipinski definition) is 4. The van der Waals surface area contributed by atoms with Gasteiger partial charge in [-0.25, -0.2) is 0 Å². The molecule has 0 unspecified atom stereocenters. The van der Waals surface area contributed by atoms with Crippen LogP contribution in [0, 0.1) is 0 Å². The van der Waals surface area contributed by atoms with Crippen LogP contribution in [0.5, 0.6) is 11.5 Å². The van der Waals surface area contributed by atoms with E-state index in [1.54, 1.807) is 0 Å². The Labute approximate surface area is 155 Å². The van der Waals surface area contributed by atoms with Crippen molar-refractivity contribution in [2.24, 2.45) is 0 Å². The third kappa shape index (κ3) is 6.76. The maximum atomic E-state index is 12.1. The fraction of sp³-hybridized carbons (Fsp3) is 0.381. The van der Waals surface area contributed by atoms with Gasteiger partial charge in [0.1, 0.15) is 18.1 Å². The van der Waals surface area contributed by atoms with Gasteiger partial charge in [0.25, 0.3) is 5.91 Å². The highest BCUT2D eigenvalue weighted by Crippen LogP contribution is 2.17. The quantitative estimate of drug-likeness (QED) is 0.657. The summed E-state index contributed by atoms with van der Waals surface area (Å²) in [4.78, 5) is 12.1. The van der Waals surface area contributed by atoms with Crippen LogP contribution in [-0.4, -0.2) is 31.8 Å². The highest BCUT2D eigenvalue weighted by molar-refractivity contribution is 5.94. The molecular weight excluding hydrogens is 330 g/mol. The predicted octanol–water partition coefficient (Wildman–Crippen LogP) is 3.82. The molecule has 0 radical (unpaired) electrons. The molecule has 0 spiro atoms. The molecule has 2 aromatic rings. The van der Waals surface area contributed by atoms with Crippen molar-refractivity contribution in [1.82, 2.24) is 5.32 Å². The molecule has 0 atom stereocenters. The molecule has 0 bridgehead atoms. The van der Waals surface area contributed by atoms with E-state index in [2.05, 4.69) is 5.32 Å². The SMILES string of the molecule is CCOc1ccc(OCCNC(=O)c2ccc(COC(C)C)cc2)cc1. The summed E-state index contributed by atoms with van der Waals surface area (Å²) in [6.45, 7) is 7.96. The average Bonchev–Trinajstić information content (AvgIpc) is 2.65. The monoisotopic (exact) mass is 357 g/mol. The summed E-state index contributed by atoms with van der Waals surface area (Å²) in [6, 6.07) is 14.9. The predicted molar refractivity (Wildman–Crippen MR) is 102 cm³/mol. The number of carbonyl (C=O) groups is 1. The average molecular weight is 357 g/mol. The molecule has 0 saturated carbocycles. The van der Waals surface area contributed by atoms with Gasteiger partial charge < -0.3 is 19.5 Å². The Kier molecular flexibility index (Phi) is 7.96. The summed E-state index contributed by atoms with van der Waals surface area (Å²) in [6.07, 6.45) is 0.188. The first-order valence-corrected chi connectivity index (χ1v) is 8.93. The van der Waals surface area contributed by atoms with Crippen LogP contribution in [0.4, 0.5) is 0 Å². The molecule has 0 aromatic heterocycles. The van der Waals surface area contributed by atoms with Crippen LogP contribution in [0.25, 0.3) is 0 Å². The van der Waals surface area contributed by atoms with E-state index < -0.39 is 0 Å². The van der Waals surface area contributed by atoms with Gasteiger partial charge in [-0.1, -0.05) is 12.1 Å². The second-order valence-electron chi connectivity index (χ2n) is 6.07. The first kappa shape index (κ1) is 19.8. The van der Waals surface area contributed by atoms with Gasteiger partial charge in [0.05, 0.1) is 25.9 Å². The molecule has 0 fully saturated rings. The van der Waals surface area contributed by atoms with Crippen molar-refractivity contribution in [2.75, 3.05) is 19.8 Å². The molecule has 5 heteroatoms. The van der Waals surface area contributed by atoms with Gasteiger partial charge in [0.15, 0.2) is 0 Å². The normalized spacial score (nSPS) is 10.6. The van der Waals surface area contributed by atoms with Gasteiger partial charge >= 0.3 is 0 Å². The lowest BCUT2D eigenvalue weighted by Gasteiger charge is -2.10. The topological polar surface area (TPSA) is 56.8 Å². The Hall–Kier alpha value is -2.53. The number of rotatable bonds is 10. The standard InChI is InChI=1S/C21H27NO4/c1-4-24-19-9-11-20(12-10-19)25-14-13-22-21(23)18-7-5-17(6-8-18)15-26-16(2)3/h5-12,16H,4,13-15H2,1-3H3,(H,22,23). The third-order valence-corrected chi connectivity index (χ3v) is 3.59. The van der Waals surface area contributed by atoms with Crippen molar-refractivity contribution in [3.05, 3.63) is 59.7 Å². The lowest BCUT2D eigenvalue weighted by atomic mass is 10.1. The summed E-state index contributed by atoms with van der Waals surface area (Å²) in [5.41, 5.74) is 1.67. The Balaban J connectivity index is 1.71. The van der Waals surface area contributed by atoms with Crippen molar-refractivity contribution in [1.29, 1.82) is 0 Å². The summed E-state index contributed by atoms with van der Waals surface area (Å²) >= 11 is 0. The maximum absolute atomic E-state index is 12.1. The minimum absolute atomic E-state index is 0.114. The summed E-state index contributed by atoms with van der Waals surface area (Å²) in [5.74, 6) is 1.45. The molecule has 1 N–H and O–H groups in total. The molecular formula is C21H27NO4. The molecule has 5 nitrogen and oxygen atoms in total. The van der Waals surface area contributed by atoms with Crippen LogP contribution < -0.4 is 14.8 Å². The van der Waals surface area contributed by atoms with Crippen molar-refractivity contribution in [2.45, 2.75) is 33.5 Å². The summed E-state index contributed by atoms with van der Waals surface area (Å²) in [5, 5.41) is 2.85. The van der Waals surface area contributed by atoms with Crippen molar-refractivity contribution < 1.29 is 19.0 Å². The third-order valence-electron chi connectivity index (χ3n) is 3.59. The second-order valence-corrected chi connectivity index (χ2v) is 6.07. The fourth-order valence-corrected chi connectivity index (χ4v) is 2.25. The number of nitrogens with one attached hydrogen (secondary N) is 1. The van der Waals surface area contributed by atoms with E-state index in [9.17, 15) is 4.79 Å². The lowest BCUT2D eigenvalue weighted by molar-refractivity contribution is 0.0657. The molecule has 0 aliphatic rings. The minimum atomic E-state index is -0.114. The van der Waals surface area contributed by atoms with E-state index in [4.69, 9.17) is 14.2 Å². The first-order valence-electron chi connectivity index (χ1n) is 8.93. The van der Waals surface area contributed by atoms with Crippen molar-refractivity contribution >= 4 is 5.91 Å². The smallest absolute Gasteiger partial charge is 0.251 e. The Morgan fingerprint density at radius 2 is 1.58 bits per heavy atom. The first-order chi connectivity index (χ1) is 12.6. The lowest BCUT2D eigenvalue weighted by Crippen LogP contribution is -2.28. The van der Waals surface area contributed by atoms with E-state index >= 15 is 0 Å². The van der Waals surface area contributed by atoms with Crippen LogP contribution in [0.3, 0.4) is 0 Å².